The molecule has 5 nitrogen and oxygen atoms in total. The molecular formula is C16H21N3O2. The Balaban J connectivity index is 1.73. The Morgan fingerprint density at radius 3 is 2.76 bits per heavy atom. The fraction of sp³-hybridized carbons (Fsp3) is 0.500. The number of hydrogen-bond acceptors (Lipinski definition) is 4. The number of carbonyl (C=O) groups excluding carboxylic acids is 2. The second kappa shape index (κ2) is 5.95. The topological polar surface area (TPSA) is 52.7 Å². The summed E-state index contributed by atoms with van der Waals surface area (Å²) in [5, 5.41) is 3.28. The predicted octanol–water partition coefficient (Wildman–Crippen LogP) is 0.684. The molecule has 21 heavy (non-hydrogen) atoms. The number of Topliss-reactive ketones (excluding diaryl/α,β-unsaturated/α-hetero) is 1. The van der Waals surface area contributed by atoms with Crippen LogP contribution in [0.15, 0.2) is 18.2 Å². The van der Waals surface area contributed by atoms with Crippen LogP contribution in [0.3, 0.4) is 0 Å². The van der Waals surface area contributed by atoms with Crippen LogP contribution in [-0.4, -0.2) is 55.9 Å². The van der Waals surface area contributed by atoms with Gasteiger partial charge in [-0.3, -0.25) is 14.5 Å². The lowest BCUT2D eigenvalue weighted by molar-refractivity contribution is -0.117. The number of fused-ring (bicyclic) bond motifs is 1. The number of piperazine rings is 1. The van der Waals surface area contributed by atoms with Crippen molar-refractivity contribution in [1.82, 2.24) is 10.2 Å². The minimum atomic E-state index is 0.124. The molecule has 0 spiro atoms. The smallest absolute Gasteiger partial charge is 0.231 e. The third-order valence-corrected chi connectivity index (χ3v) is 4.23. The zero-order chi connectivity index (χ0) is 14.8. The highest BCUT2D eigenvalue weighted by Crippen LogP contribution is 2.29. The molecule has 1 fully saturated rings. The number of nitrogens with zero attached hydrogens (tertiary/aromatic N) is 2. The first-order chi connectivity index (χ1) is 10.2. The van der Waals surface area contributed by atoms with Gasteiger partial charge in [0.15, 0.2) is 5.78 Å². The molecule has 1 aromatic rings. The molecular weight excluding hydrogens is 266 g/mol. The molecule has 5 heteroatoms. The van der Waals surface area contributed by atoms with Gasteiger partial charge in [-0.2, -0.15) is 0 Å². The third kappa shape index (κ3) is 2.84. The molecule has 1 aromatic carbocycles. The maximum absolute atomic E-state index is 12.4. The lowest BCUT2D eigenvalue weighted by Crippen LogP contribution is -2.45. The highest BCUT2D eigenvalue weighted by Gasteiger charge is 2.26. The number of amides is 1. The predicted molar refractivity (Wildman–Crippen MR) is 81.8 cm³/mol. The minimum Gasteiger partial charge on any atom is -0.314 e. The number of hydrogen-bond donors (Lipinski definition) is 1. The van der Waals surface area contributed by atoms with Crippen molar-refractivity contribution in [2.75, 3.05) is 44.2 Å². The summed E-state index contributed by atoms with van der Waals surface area (Å²) >= 11 is 0. The fourth-order valence-corrected chi connectivity index (χ4v) is 3.07. The van der Waals surface area contributed by atoms with Gasteiger partial charge in [0.25, 0.3) is 0 Å². The summed E-state index contributed by atoms with van der Waals surface area (Å²) in [6.07, 6.45) is 0.415. The Bertz CT molecular complexity index is 565. The summed E-state index contributed by atoms with van der Waals surface area (Å²) in [5.41, 5.74) is 2.66. The Morgan fingerprint density at radius 1 is 1.29 bits per heavy atom. The van der Waals surface area contributed by atoms with E-state index in [0.29, 0.717) is 19.5 Å². The molecule has 3 rings (SSSR count). The first kappa shape index (κ1) is 14.2. The van der Waals surface area contributed by atoms with Crippen LogP contribution in [0.2, 0.25) is 0 Å². The quantitative estimate of drug-likeness (QED) is 0.828. The van der Waals surface area contributed by atoms with Crippen LogP contribution in [0, 0.1) is 0 Å². The van der Waals surface area contributed by atoms with Gasteiger partial charge in [0, 0.05) is 44.0 Å². The molecule has 112 valence electrons. The van der Waals surface area contributed by atoms with Gasteiger partial charge in [0.1, 0.15) is 0 Å². The Labute approximate surface area is 124 Å². The standard InChI is InChI=1S/C16H21N3O2/c1-2-19-14-4-3-12(9-13(14)10-16(19)21)15(20)11-18-7-5-17-6-8-18/h3-4,9,17H,2,5-8,10-11H2,1H3. The zero-order valence-electron chi connectivity index (χ0n) is 12.4. The molecule has 0 aromatic heterocycles. The number of likely N-dealkylation sites (N-methyl/N-ethyl adjacent to an activating group) is 1. The van der Waals surface area contributed by atoms with E-state index in [4.69, 9.17) is 0 Å². The molecule has 0 saturated carbocycles. The first-order valence-corrected chi connectivity index (χ1v) is 7.58. The number of nitrogens with one attached hydrogen (secondary N) is 1. The summed E-state index contributed by atoms with van der Waals surface area (Å²) in [7, 11) is 0. The van der Waals surface area contributed by atoms with Crippen LogP contribution in [0.5, 0.6) is 0 Å². The van der Waals surface area contributed by atoms with E-state index in [1.54, 1.807) is 4.90 Å². The maximum Gasteiger partial charge on any atom is 0.231 e. The van der Waals surface area contributed by atoms with E-state index in [2.05, 4.69) is 10.2 Å². The summed E-state index contributed by atoms with van der Waals surface area (Å²) in [6.45, 7) is 6.83. The lowest BCUT2D eigenvalue weighted by atomic mass is 10.0. The molecule has 1 amide bonds. The number of ketones is 1. The summed E-state index contributed by atoms with van der Waals surface area (Å²) < 4.78 is 0. The molecule has 1 N–H and O–H groups in total. The maximum atomic E-state index is 12.4. The average molecular weight is 287 g/mol. The average Bonchev–Trinajstić information content (AvgIpc) is 2.82. The molecule has 2 aliphatic heterocycles. The fourth-order valence-electron chi connectivity index (χ4n) is 3.07. The largest absolute Gasteiger partial charge is 0.314 e. The third-order valence-electron chi connectivity index (χ3n) is 4.23. The van der Waals surface area contributed by atoms with E-state index in [0.717, 1.165) is 43.0 Å². The molecule has 0 radical (unpaired) electrons. The summed E-state index contributed by atoms with van der Waals surface area (Å²) in [6, 6.07) is 5.66. The number of benzene rings is 1. The van der Waals surface area contributed by atoms with Gasteiger partial charge in [-0.15, -0.1) is 0 Å². The SMILES string of the molecule is CCN1C(=O)Cc2cc(C(=O)CN3CCNCC3)ccc21. The van der Waals surface area contributed by atoms with E-state index in [1.165, 1.54) is 0 Å². The van der Waals surface area contributed by atoms with Gasteiger partial charge < -0.3 is 10.2 Å². The van der Waals surface area contributed by atoms with Crippen LogP contribution in [-0.2, 0) is 11.2 Å². The van der Waals surface area contributed by atoms with Crippen molar-refractivity contribution in [2.24, 2.45) is 0 Å². The Morgan fingerprint density at radius 2 is 2.05 bits per heavy atom. The van der Waals surface area contributed by atoms with Gasteiger partial charge in [-0.05, 0) is 30.7 Å². The van der Waals surface area contributed by atoms with Crippen LogP contribution >= 0.6 is 0 Å². The van der Waals surface area contributed by atoms with Gasteiger partial charge >= 0.3 is 0 Å². The normalized spacial score (nSPS) is 18.9. The second-order valence-corrected chi connectivity index (χ2v) is 5.61. The van der Waals surface area contributed by atoms with E-state index in [-0.39, 0.29) is 11.7 Å². The van der Waals surface area contributed by atoms with E-state index >= 15 is 0 Å². The second-order valence-electron chi connectivity index (χ2n) is 5.61. The van der Waals surface area contributed by atoms with Crippen molar-refractivity contribution in [1.29, 1.82) is 0 Å². The minimum absolute atomic E-state index is 0.124. The number of carbonyl (C=O) groups is 2. The highest BCUT2D eigenvalue weighted by molar-refractivity contribution is 6.04. The van der Waals surface area contributed by atoms with Crippen molar-refractivity contribution in [3.05, 3.63) is 29.3 Å². The van der Waals surface area contributed by atoms with Gasteiger partial charge in [0.05, 0.1) is 13.0 Å². The van der Waals surface area contributed by atoms with Crippen molar-refractivity contribution in [3.63, 3.8) is 0 Å². The van der Waals surface area contributed by atoms with Crippen molar-refractivity contribution in [3.8, 4) is 0 Å². The number of anilines is 1. The van der Waals surface area contributed by atoms with E-state index < -0.39 is 0 Å². The van der Waals surface area contributed by atoms with Gasteiger partial charge in [-0.1, -0.05) is 0 Å². The molecule has 1 saturated heterocycles. The van der Waals surface area contributed by atoms with E-state index in [9.17, 15) is 9.59 Å². The van der Waals surface area contributed by atoms with Crippen LogP contribution in [0.1, 0.15) is 22.8 Å². The molecule has 0 atom stereocenters. The van der Waals surface area contributed by atoms with Crippen molar-refractivity contribution in [2.45, 2.75) is 13.3 Å². The number of rotatable bonds is 4. The first-order valence-electron chi connectivity index (χ1n) is 7.58. The zero-order valence-corrected chi connectivity index (χ0v) is 12.4. The van der Waals surface area contributed by atoms with Gasteiger partial charge in [0.2, 0.25) is 5.91 Å². The molecule has 0 aliphatic carbocycles. The molecule has 2 aliphatic rings. The summed E-state index contributed by atoms with van der Waals surface area (Å²) in [5.74, 6) is 0.265. The van der Waals surface area contributed by atoms with Crippen LogP contribution in [0.4, 0.5) is 5.69 Å². The van der Waals surface area contributed by atoms with Crippen molar-refractivity contribution < 1.29 is 9.59 Å². The van der Waals surface area contributed by atoms with Crippen LogP contribution in [0.25, 0.3) is 0 Å². The van der Waals surface area contributed by atoms with E-state index in [1.807, 2.05) is 25.1 Å². The Hall–Kier alpha value is -1.72. The molecule has 0 unspecified atom stereocenters. The van der Waals surface area contributed by atoms with Crippen molar-refractivity contribution >= 4 is 17.4 Å². The Kier molecular flexibility index (Phi) is 4.03. The highest BCUT2D eigenvalue weighted by atomic mass is 16.2. The molecule has 0 bridgehead atoms. The van der Waals surface area contributed by atoms with Crippen LogP contribution < -0.4 is 10.2 Å². The lowest BCUT2D eigenvalue weighted by Gasteiger charge is -2.26. The molecule has 2 heterocycles. The van der Waals surface area contributed by atoms with Gasteiger partial charge in [-0.25, -0.2) is 0 Å². The summed E-state index contributed by atoms with van der Waals surface area (Å²) in [4.78, 5) is 28.2. The monoisotopic (exact) mass is 287 g/mol.